The van der Waals surface area contributed by atoms with Crippen LogP contribution in [0.3, 0.4) is 0 Å². The topological polar surface area (TPSA) is 58.7 Å². The maximum atomic E-state index is 9.58. The molecule has 0 aliphatic rings. The zero-order valence-corrected chi connectivity index (χ0v) is 11.7. The highest BCUT2D eigenvalue weighted by Crippen LogP contribution is 2.30. The van der Waals surface area contributed by atoms with Gasteiger partial charge in [-0.25, -0.2) is 0 Å². The van der Waals surface area contributed by atoms with Gasteiger partial charge in [0, 0.05) is 25.8 Å². The summed E-state index contributed by atoms with van der Waals surface area (Å²) in [4.78, 5) is 2.00. The number of rotatable bonds is 6. The minimum absolute atomic E-state index is 0.275. The molecule has 1 atom stereocenters. The van der Waals surface area contributed by atoms with Gasteiger partial charge < -0.3 is 20.5 Å². The van der Waals surface area contributed by atoms with E-state index in [-0.39, 0.29) is 6.54 Å². The molecular weight excluding hydrogens is 228 g/mol. The highest BCUT2D eigenvalue weighted by Gasteiger charge is 2.12. The Morgan fingerprint density at radius 1 is 1.39 bits per heavy atom. The molecule has 0 bridgehead atoms. The fraction of sp³-hybridized carbons (Fsp3) is 0.571. The zero-order chi connectivity index (χ0) is 13.7. The summed E-state index contributed by atoms with van der Waals surface area (Å²) in [5.74, 6) is 1.30. The predicted octanol–water partition coefficient (Wildman–Crippen LogP) is 1.57. The van der Waals surface area contributed by atoms with Crippen molar-refractivity contribution in [1.29, 1.82) is 0 Å². The molecule has 0 radical (unpaired) electrons. The van der Waals surface area contributed by atoms with Gasteiger partial charge in [-0.2, -0.15) is 0 Å². The average molecular weight is 252 g/mol. The Morgan fingerprint density at radius 3 is 2.56 bits per heavy atom. The molecule has 1 aromatic rings. The van der Waals surface area contributed by atoms with Gasteiger partial charge in [-0.05, 0) is 29.7 Å². The fourth-order valence-corrected chi connectivity index (χ4v) is 1.91. The van der Waals surface area contributed by atoms with Gasteiger partial charge in [-0.15, -0.1) is 0 Å². The van der Waals surface area contributed by atoms with Crippen LogP contribution in [0.25, 0.3) is 0 Å². The van der Waals surface area contributed by atoms with Crippen molar-refractivity contribution >= 4 is 5.69 Å². The first-order valence-electron chi connectivity index (χ1n) is 6.26. The normalized spacial score (nSPS) is 12.6. The van der Waals surface area contributed by atoms with Crippen LogP contribution in [0.1, 0.15) is 25.3 Å². The Morgan fingerprint density at radius 2 is 2.06 bits per heavy atom. The SMILES string of the molecule is COc1ccc(N(C)CC(O)CN)cc1C(C)C. The average Bonchev–Trinajstić information content (AvgIpc) is 2.37. The number of hydrogen-bond donors (Lipinski definition) is 2. The molecule has 0 aromatic heterocycles. The number of anilines is 1. The number of nitrogens with zero attached hydrogens (tertiary/aromatic N) is 1. The lowest BCUT2D eigenvalue weighted by molar-refractivity contribution is 0.189. The summed E-state index contributed by atoms with van der Waals surface area (Å²) in [7, 11) is 3.63. The number of hydrogen-bond acceptors (Lipinski definition) is 4. The second-order valence-corrected chi connectivity index (χ2v) is 4.85. The van der Waals surface area contributed by atoms with Crippen molar-refractivity contribution in [1.82, 2.24) is 0 Å². The molecule has 0 spiro atoms. The number of aliphatic hydroxyl groups is 1. The number of methoxy groups -OCH3 is 1. The fourth-order valence-electron chi connectivity index (χ4n) is 1.91. The zero-order valence-electron chi connectivity index (χ0n) is 11.7. The van der Waals surface area contributed by atoms with E-state index in [9.17, 15) is 5.11 Å². The highest BCUT2D eigenvalue weighted by atomic mass is 16.5. The summed E-state index contributed by atoms with van der Waals surface area (Å²) in [5.41, 5.74) is 7.66. The van der Waals surface area contributed by atoms with Gasteiger partial charge >= 0.3 is 0 Å². The Bertz CT molecular complexity index is 380. The van der Waals surface area contributed by atoms with E-state index in [0.29, 0.717) is 12.5 Å². The van der Waals surface area contributed by atoms with Crippen LogP contribution in [-0.2, 0) is 0 Å². The molecule has 0 aliphatic carbocycles. The van der Waals surface area contributed by atoms with Gasteiger partial charge in [-0.3, -0.25) is 0 Å². The quantitative estimate of drug-likeness (QED) is 0.807. The Labute approximate surface area is 109 Å². The van der Waals surface area contributed by atoms with Gasteiger partial charge in [0.1, 0.15) is 5.75 Å². The van der Waals surface area contributed by atoms with Crippen LogP contribution in [0.5, 0.6) is 5.75 Å². The second-order valence-electron chi connectivity index (χ2n) is 4.85. The van der Waals surface area contributed by atoms with Gasteiger partial charge in [0.25, 0.3) is 0 Å². The van der Waals surface area contributed by atoms with E-state index >= 15 is 0 Å². The summed E-state index contributed by atoms with van der Waals surface area (Å²) >= 11 is 0. The second kappa shape index (κ2) is 6.61. The minimum Gasteiger partial charge on any atom is -0.496 e. The lowest BCUT2D eigenvalue weighted by Gasteiger charge is -2.24. The number of aliphatic hydroxyl groups excluding tert-OH is 1. The first-order valence-corrected chi connectivity index (χ1v) is 6.26. The van der Waals surface area contributed by atoms with E-state index in [1.54, 1.807) is 7.11 Å². The molecule has 3 N–H and O–H groups in total. The lowest BCUT2D eigenvalue weighted by Crippen LogP contribution is -2.34. The number of nitrogens with two attached hydrogens (primary N) is 1. The molecule has 4 heteroatoms. The maximum absolute atomic E-state index is 9.58. The molecule has 0 amide bonds. The van der Waals surface area contributed by atoms with Crippen LogP contribution in [0.4, 0.5) is 5.69 Å². The number of ether oxygens (including phenoxy) is 1. The molecule has 0 heterocycles. The van der Waals surface area contributed by atoms with Crippen LogP contribution >= 0.6 is 0 Å². The standard InChI is InChI=1S/C14H24N2O2/c1-10(2)13-7-11(5-6-14(13)18-4)16(3)9-12(17)8-15/h5-7,10,12,17H,8-9,15H2,1-4H3. The van der Waals surface area contributed by atoms with Crippen molar-refractivity contribution in [3.63, 3.8) is 0 Å². The minimum atomic E-state index is -0.500. The maximum Gasteiger partial charge on any atom is 0.122 e. The van der Waals surface area contributed by atoms with Crippen molar-refractivity contribution in [2.24, 2.45) is 5.73 Å². The van der Waals surface area contributed by atoms with E-state index in [1.165, 1.54) is 5.56 Å². The molecule has 0 aliphatic heterocycles. The lowest BCUT2D eigenvalue weighted by atomic mass is 10.0. The van der Waals surface area contributed by atoms with Crippen molar-refractivity contribution in [2.45, 2.75) is 25.9 Å². The van der Waals surface area contributed by atoms with Crippen molar-refractivity contribution in [3.05, 3.63) is 23.8 Å². The first kappa shape index (κ1) is 14.8. The third-order valence-electron chi connectivity index (χ3n) is 3.03. The molecular formula is C14H24N2O2. The van der Waals surface area contributed by atoms with Crippen LogP contribution in [0.2, 0.25) is 0 Å². The molecule has 1 unspecified atom stereocenters. The van der Waals surface area contributed by atoms with Gasteiger partial charge in [0.05, 0.1) is 13.2 Å². The van der Waals surface area contributed by atoms with E-state index in [1.807, 2.05) is 24.1 Å². The van der Waals surface area contributed by atoms with Gasteiger partial charge in [-0.1, -0.05) is 13.8 Å². The molecule has 0 fully saturated rings. The van der Waals surface area contributed by atoms with Crippen molar-refractivity contribution in [2.75, 3.05) is 32.1 Å². The Hall–Kier alpha value is -1.26. The van der Waals surface area contributed by atoms with Crippen LogP contribution in [0.15, 0.2) is 18.2 Å². The van der Waals surface area contributed by atoms with E-state index in [0.717, 1.165) is 11.4 Å². The smallest absolute Gasteiger partial charge is 0.122 e. The first-order chi connectivity index (χ1) is 8.49. The van der Waals surface area contributed by atoms with E-state index in [4.69, 9.17) is 10.5 Å². The Balaban J connectivity index is 2.93. The van der Waals surface area contributed by atoms with Crippen molar-refractivity contribution < 1.29 is 9.84 Å². The molecule has 102 valence electrons. The van der Waals surface area contributed by atoms with Gasteiger partial charge in [0.15, 0.2) is 0 Å². The summed E-state index contributed by atoms with van der Waals surface area (Å²) in [6.45, 7) is 5.07. The van der Waals surface area contributed by atoms with Crippen LogP contribution in [0, 0.1) is 0 Å². The van der Waals surface area contributed by atoms with Crippen LogP contribution in [-0.4, -0.2) is 38.5 Å². The highest BCUT2D eigenvalue weighted by molar-refractivity contribution is 5.53. The number of likely N-dealkylation sites (N-methyl/N-ethyl adjacent to an activating group) is 1. The third kappa shape index (κ3) is 3.62. The molecule has 0 saturated heterocycles. The molecule has 4 nitrogen and oxygen atoms in total. The number of benzene rings is 1. The predicted molar refractivity (Wildman–Crippen MR) is 75.4 cm³/mol. The molecule has 1 aromatic carbocycles. The molecule has 0 saturated carbocycles. The van der Waals surface area contributed by atoms with Crippen molar-refractivity contribution in [3.8, 4) is 5.75 Å². The third-order valence-corrected chi connectivity index (χ3v) is 3.03. The summed E-state index contributed by atoms with van der Waals surface area (Å²) in [5, 5.41) is 9.58. The Kier molecular flexibility index (Phi) is 5.44. The largest absolute Gasteiger partial charge is 0.496 e. The van der Waals surface area contributed by atoms with Crippen LogP contribution < -0.4 is 15.4 Å². The summed E-state index contributed by atoms with van der Waals surface area (Å²) in [6, 6.07) is 6.07. The summed E-state index contributed by atoms with van der Waals surface area (Å²) in [6.07, 6.45) is -0.500. The summed E-state index contributed by atoms with van der Waals surface area (Å²) < 4.78 is 5.36. The molecule has 1 rings (SSSR count). The van der Waals surface area contributed by atoms with E-state index < -0.39 is 6.10 Å². The van der Waals surface area contributed by atoms with Gasteiger partial charge in [0.2, 0.25) is 0 Å². The monoisotopic (exact) mass is 252 g/mol. The molecule has 18 heavy (non-hydrogen) atoms. The van der Waals surface area contributed by atoms with E-state index in [2.05, 4.69) is 19.9 Å².